The normalized spacial score (nSPS) is 25.9. The molecule has 4 atom stereocenters. The van der Waals surface area contributed by atoms with Gasteiger partial charge in [-0.25, -0.2) is 0 Å². The lowest BCUT2D eigenvalue weighted by molar-refractivity contribution is -0.153. The molecule has 0 spiro atoms. The summed E-state index contributed by atoms with van der Waals surface area (Å²) in [5, 5.41) is 6.45. The quantitative estimate of drug-likeness (QED) is 0.772. The van der Waals surface area contributed by atoms with E-state index in [9.17, 15) is 18.0 Å². The first-order chi connectivity index (χ1) is 12.3. The molecule has 1 saturated carbocycles. The van der Waals surface area contributed by atoms with Crippen molar-refractivity contribution in [3.63, 3.8) is 0 Å². The van der Waals surface area contributed by atoms with E-state index in [1.165, 1.54) is 31.4 Å². The van der Waals surface area contributed by atoms with Crippen LogP contribution in [0.2, 0.25) is 0 Å². The minimum atomic E-state index is -4.36. The van der Waals surface area contributed by atoms with E-state index in [1.807, 2.05) is 6.92 Å². The molecule has 27 heavy (non-hydrogen) atoms. The molecular weight excluding hydrogens is 381 g/mol. The highest BCUT2D eigenvalue weighted by molar-refractivity contribution is 5.85. The lowest BCUT2D eigenvalue weighted by Gasteiger charge is -2.24. The number of amides is 1. The van der Waals surface area contributed by atoms with Crippen LogP contribution in [-0.4, -0.2) is 30.8 Å². The van der Waals surface area contributed by atoms with Gasteiger partial charge in [-0.2, -0.15) is 13.2 Å². The second-order valence-corrected chi connectivity index (χ2v) is 7.31. The number of hydrogen-bond donors (Lipinski definition) is 2. The molecule has 2 N–H and O–H groups in total. The number of rotatable bonds is 5. The summed E-state index contributed by atoms with van der Waals surface area (Å²) in [4.78, 5) is 12.5. The molecule has 1 amide bonds. The third kappa shape index (κ3) is 6.01. The van der Waals surface area contributed by atoms with Crippen LogP contribution in [0.3, 0.4) is 0 Å². The molecule has 3 rings (SSSR count). The van der Waals surface area contributed by atoms with Crippen LogP contribution in [0.1, 0.15) is 50.6 Å². The monoisotopic (exact) mass is 406 g/mol. The molecule has 1 aromatic rings. The molecule has 2 aliphatic rings. The van der Waals surface area contributed by atoms with Gasteiger partial charge in [0.15, 0.2) is 6.61 Å². The van der Waals surface area contributed by atoms with Crippen molar-refractivity contribution in [3.8, 4) is 5.75 Å². The molecule has 0 bridgehead atoms. The molecule has 1 aliphatic carbocycles. The Balaban J connectivity index is 0.00000261. The zero-order chi connectivity index (χ0) is 18.7. The van der Waals surface area contributed by atoms with Gasteiger partial charge < -0.3 is 15.4 Å². The van der Waals surface area contributed by atoms with E-state index in [0.717, 1.165) is 18.4 Å². The van der Waals surface area contributed by atoms with Gasteiger partial charge in [0.25, 0.3) is 0 Å². The third-order valence-corrected chi connectivity index (χ3v) is 5.32. The van der Waals surface area contributed by atoms with Crippen LogP contribution in [0.5, 0.6) is 5.75 Å². The number of alkyl halides is 3. The van der Waals surface area contributed by atoms with E-state index in [1.54, 1.807) is 12.1 Å². The van der Waals surface area contributed by atoms with Crippen LogP contribution < -0.4 is 15.4 Å². The maximum atomic E-state index is 12.5. The van der Waals surface area contributed by atoms with E-state index in [0.29, 0.717) is 12.0 Å². The number of nitrogens with one attached hydrogen (secondary N) is 2. The number of fused-ring (bicyclic) bond motifs is 1. The van der Waals surface area contributed by atoms with Crippen molar-refractivity contribution < 1.29 is 22.7 Å². The zero-order valence-electron chi connectivity index (χ0n) is 15.2. The lowest BCUT2D eigenvalue weighted by atomic mass is 9.85. The molecule has 1 heterocycles. The summed E-state index contributed by atoms with van der Waals surface area (Å²) in [5.41, 5.74) is 0.827. The molecule has 8 heteroatoms. The molecule has 0 radical (unpaired) electrons. The Morgan fingerprint density at radius 3 is 2.56 bits per heavy atom. The first-order valence-corrected chi connectivity index (χ1v) is 9.18. The van der Waals surface area contributed by atoms with Crippen molar-refractivity contribution in [1.29, 1.82) is 0 Å². The molecule has 4 unspecified atom stereocenters. The summed E-state index contributed by atoms with van der Waals surface area (Å²) in [6.45, 7) is 0.555. The Morgan fingerprint density at radius 1 is 1.26 bits per heavy atom. The average molecular weight is 407 g/mol. The summed E-state index contributed by atoms with van der Waals surface area (Å²) in [5.74, 6) is 0.746. The number of ether oxygens (including phenoxy) is 1. The first kappa shape index (κ1) is 21.8. The van der Waals surface area contributed by atoms with Gasteiger partial charge in [0.05, 0.1) is 12.1 Å². The van der Waals surface area contributed by atoms with E-state index >= 15 is 0 Å². The molecule has 1 aliphatic heterocycles. The van der Waals surface area contributed by atoms with Gasteiger partial charge in [0, 0.05) is 6.04 Å². The number of carbonyl (C=O) groups is 1. The third-order valence-electron chi connectivity index (χ3n) is 5.32. The van der Waals surface area contributed by atoms with Crippen molar-refractivity contribution in [1.82, 2.24) is 10.6 Å². The van der Waals surface area contributed by atoms with Crippen LogP contribution in [0.25, 0.3) is 0 Å². The van der Waals surface area contributed by atoms with Gasteiger partial charge in [-0.1, -0.05) is 25.0 Å². The fourth-order valence-electron chi connectivity index (χ4n) is 3.94. The Hall–Kier alpha value is -1.47. The van der Waals surface area contributed by atoms with Crippen molar-refractivity contribution in [3.05, 3.63) is 29.8 Å². The predicted octanol–water partition coefficient (Wildman–Crippen LogP) is 4.15. The summed E-state index contributed by atoms with van der Waals surface area (Å²) in [6.07, 6.45) is 1.33. The minimum Gasteiger partial charge on any atom is -0.484 e. The largest absolute Gasteiger partial charge is 0.484 e. The first-order valence-electron chi connectivity index (χ1n) is 9.18. The number of carbonyl (C=O) groups excluding carboxylic acids is 1. The smallest absolute Gasteiger partial charge is 0.422 e. The maximum absolute atomic E-state index is 12.5. The van der Waals surface area contributed by atoms with Crippen molar-refractivity contribution in [2.24, 2.45) is 5.92 Å². The average Bonchev–Trinajstić information content (AvgIpc) is 3.04. The summed E-state index contributed by atoms with van der Waals surface area (Å²) < 4.78 is 41.2. The van der Waals surface area contributed by atoms with E-state index < -0.39 is 12.8 Å². The molecule has 4 nitrogen and oxygen atoms in total. The van der Waals surface area contributed by atoms with Crippen LogP contribution in [0.4, 0.5) is 13.2 Å². The van der Waals surface area contributed by atoms with Gasteiger partial charge in [-0.05, 0) is 49.8 Å². The van der Waals surface area contributed by atoms with Crippen LogP contribution >= 0.6 is 12.4 Å². The zero-order valence-corrected chi connectivity index (χ0v) is 16.0. The second-order valence-electron chi connectivity index (χ2n) is 7.31. The second kappa shape index (κ2) is 9.15. The van der Waals surface area contributed by atoms with Gasteiger partial charge in [0.1, 0.15) is 5.75 Å². The Morgan fingerprint density at radius 2 is 1.93 bits per heavy atom. The van der Waals surface area contributed by atoms with E-state index in [2.05, 4.69) is 10.6 Å². The van der Waals surface area contributed by atoms with Crippen molar-refractivity contribution >= 4 is 18.3 Å². The topological polar surface area (TPSA) is 50.4 Å². The highest BCUT2D eigenvalue weighted by Crippen LogP contribution is 2.33. The lowest BCUT2D eigenvalue weighted by Crippen LogP contribution is -2.43. The molecule has 1 aromatic carbocycles. The van der Waals surface area contributed by atoms with Gasteiger partial charge in [0.2, 0.25) is 5.91 Å². The molecule has 152 valence electrons. The molecule has 0 aromatic heterocycles. The molecular formula is C19H26ClF3N2O2. The fourth-order valence-corrected chi connectivity index (χ4v) is 3.94. The standard InChI is InChI=1S/C19H25F3N2O2.ClH/c1-12(13-6-8-15(9-7-13)26-11-19(20,21)22)23-18(25)17-10-14-4-2-3-5-16(14)24-17;/h6-9,12,14,16-17,24H,2-5,10-11H2,1H3,(H,23,25);1H. The maximum Gasteiger partial charge on any atom is 0.422 e. The number of halogens is 4. The summed E-state index contributed by atoms with van der Waals surface area (Å²) >= 11 is 0. The van der Waals surface area contributed by atoms with Crippen LogP contribution in [-0.2, 0) is 4.79 Å². The van der Waals surface area contributed by atoms with Gasteiger partial charge in [-0.3, -0.25) is 4.79 Å². The van der Waals surface area contributed by atoms with Crippen LogP contribution in [0.15, 0.2) is 24.3 Å². The molecule has 1 saturated heterocycles. The highest BCUT2D eigenvalue weighted by atomic mass is 35.5. The summed E-state index contributed by atoms with van der Waals surface area (Å²) in [6, 6.07) is 6.43. The van der Waals surface area contributed by atoms with Crippen LogP contribution in [0, 0.1) is 5.92 Å². The Kier molecular flexibility index (Phi) is 7.40. The van der Waals surface area contributed by atoms with Crippen molar-refractivity contribution in [2.45, 2.75) is 63.3 Å². The molecule has 2 fully saturated rings. The van der Waals surface area contributed by atoms with E-state index in [-0.39, 0.29) is 36.1 Å². The predicted molar refractivity (Wildman–Crippen MR) is 99.1 cm³/mol. The fraction of sp³-hybridized carbons (Fsp3) is 0.632. The van der Waals surface area contributed by atoms with Gasteiger partial charge in [-0.15, -0.1) is 12.4 Å². The van der Waals surface area contributed by atoms with Gasteiger partial charge >= 0.3 is 6.18 Å². The SMILES string of the molecule is CC(NC(=O)C1CC2CCCCC2N1)c1ccc(OCC(F)(F)F)cc1.Cl. The Bertz CT molecular complexity index is 610. The highest BCUT2D eigenvalue weighted by Gasteiger charge is 2.38. The number of benzene rings is 1. The summed E-state index contributed by atoms with van der Waals surface area (Å²) in [7, 11) is 0. The number of hydrogen-bond acceptors (Lipinski definition) is 3. The van der Waals surface area contributed by atoms with E-state index in [4.69, 9.17) is 4.74 Å². The minimum absolute atomic E-state index is 0. The van der Waals surface area contributed by atoms with Crippen molar-refractivity contribution in [2.75, 3.05) is 6.61 Å². The Labute approximate surface area is 163 Å².